The van der Waals surface area contributed by atoms with E-state index in [1.54, 1.807) is 12.1 Å². The number of nitrogens with zero attached hydrogens (tertiary/aromatic N) is 3. The smallest absolute Gasteiger partial charge is 0.360 e. The van der Waals surface area contributed by atoms with Crippen LogP contribution in [0.1, 0.15) is 27.1 Å². The first kappa shape index (κ1) is 15.8. The Kier molecular flexibility index (Phi) is 3.98. The van der Waals surface area contributed by atoms with Crippen LogP contribution >= 0.6 is 0 Å². The summed E-state index contributed by atoms with van der Waals surface area (Å²) < 4.78 is 22.8. The number of aromatic nitrogens is 3. The predicted molar refractivity (Wildman–Crippen MR) is 79.8 cm³/mol. The number of amides is 1. The molecule has 132 valence electrons. The maximum absolute atomic E-state index is 12.1. The second kappa shape index (κ2) is 6.30. The summed E-state index contributed by atoms with van der Waals surface area (Å²) in [6.07, 6.45) is 2.33. The number of carbonyl (C=O) groups excluding carboxylic acids is 2. The number of furan rings is 1. The van der Waals surface area contributed by atoms with E-state index in [0.717, 1.165) is 0 Å². The summed E-state index contributed by atoms with van der Waals surface area (Å²) in [6.45, 7) is 0.656. The minimum atomic E-state index is -0.558. The van der Waals surface area contributed by atoms with E-state index in [4.69, 9.17) is 13.9 Å². The van der Waals surface area contributed by atoms with Gasteiger partial charge in [0.15, 0.2) is 11.5 Å². The summed E-state index contributed by atoms with van der Waals surface area (Å²) in [5.41, 5.74) is 0.117. The lowest BCUT2D eigenvalue weighted by Gasteiger charge is -2.17. The van der Waals surface area contributed by atoms with E-state index in [1.165, 1.54) is 24.3 Å². The first-order valence-electron chi connectivity index (χ1n) is 7.75. The lowest BCUT2D eigenvalue weighted by molar-refractivity contribution is 0.0591. The highest BCUT2D eigenvalue weighted by molar-refractivity contribution is 5.91. The summed E-state index contributed by atoms with van der Waals surface area (Å²) in [4.78, 5) is 23.6. The van der Waals surface area contributed by atoms with Crippen LogP contribution in [-0.4, -0.2) is 65.4 Å². The molecule has 10 heteroatoms. The number of rotatable bonds is 4. The van der Waals surface area contributed by atoms with Gasteiger partial charge < -0.3 is 23.9 Å². The molecular weight excluding hydrogens is 332 g/mol. The molecule has 4 rings (SSSR count). The van der Waals surface area contributed by atoms with Crippen LogP contribution in [0.15, 0.2) is 29.0 Å². The van der Waals surface area contributed by atoms with Crippen molar-refractivity contribution in [2.24, 2.45) is 0 Å². The van der Waals surface area contributed by atoms with Gasteiger partial charge in [-0.05, 0) is 12.1 Å². The molecule has 0 bridgehead atoms. The fourth-order valence-electron chi connectivity index (χ4n) is 3.11. The van der Waals surface area contributed by atoms with Crippen LogP contribution in [0.2, 0.25) is 0 Å². The summed E-state index contributed by atoms with van der Waals surface area (Å²) in [7, 11) is 1.28. The van der Waals surface area contributed by atoms with Gasteiger partial charge in [-0.2, -0.15) is 0 Å². The Morgan fingerprint density at radius 3 is 2.92 bits per heavy atom. The van der Waals surface area contributed by atoms with Crippen LogP contribution in [0.25, 0.3) is 0 Å². The number of hydrogen-bond acceptors (Lipinski definition) is 8. The Bertz CT molecular complexity index is 773. The second-order valence-electron chi connectivity index (χ2n) is 5.80. The quantitative estimate of drug-likeness (QED) is 0.755. The Balaban J connectivity index is 1.44. The molecule has 2 aromatic rings. The molecule has 2 aromatic heterocycles. The van der Waals surface area contributed by atoms with Crippen molar-refractivity contribution in [1.29, 1.82) is 0 Å². The van der Waals surface area contributed by atoms with E-state index in [1.807, 2.05) is 0 Å². The number of fused-ring (bicyclic) bond motifs is 1. The third-order valence-electron chi connectivity index (χ3n) is 4.33. The molecule has 4 unspecified atom stereocenters. The zero-order chi connectivity index (χ0) is 17.4. The molecule has 1 amide bonds. The Hall–Kier alpha value is -2.72. The number of methoxy groups -OCH3 is 1. The van der Waals surface area contributed by atoms with Gasteiger partial charge in [0.1, 0.15) is 18.2 Å². The average Bonchev–Trinajstić information content (AvgIpc) is 3.38. The van der Waals surface area contributed by atoms with E-state index >= 15 is 0 Å². The van der Waals surface area contributed by atoms with Crippen molar-refractivity contribution in [3.05, 3.63) is 36.0 Å². The zero-order valence-corrected chi connectivity index (χ0v) is 13.3. The van der Waals surface area contributed by atoms with Crippen LogP contribution < -0.4 is 5.32 Å². The first-order valence-corrected chi connectivity index (χ1v) is 7.75. The molecular formula is C15H16N4O6. The van der Waals surface area contributed by atoms with Crippen molar-refractivity contribution in [2.45, 2.75) is 24.3 Å². The van der Waals surface area contributed by atoms with Gasteiger partial charge in [0, 0.05) is 0 Å². The monoisotopic (exact) mass is 348 g/mol. The number of ether oxygens (including phenoxy) is 3. The molecule has 2 fully saturated rings. The summed E-state index contributed by atoms with van der Waals surface area (Å²) in [5, 5.41) is 10.6. The van der Waals surface area contributed by atoms with Crippen molar-refractivity contribution in [2.75, 3.05) is 20.3 Å². The van der Waals surface area contributed by atoms with Crippen LogP contribution in [-0.2, 0) is 14.2 Å². The highest BCUT2D eigenvalue weighted by Gasteiger charge is 2.49. The van der Waals surface area contributed by atoms with Gasteiger partial charge in [-0.15, -0.1) is 5.10 Å². The summed E-state index contributed by atoms with van der Waals surface area (Å²) in [5.74, 6) is -0.644. The molecule has 1 N–H and O–H groups in total. The fraction of sp³-hybridized carbons (Fsp3) is 0.467. The average molecular weight is 348 g/mol. The van der Waals surface area contributed by atoms with Gasteiger partial charge in [-0.3, -0.25) is 4.79 Å². The summed E-state index contributed by atoms with van der Waals surface area (Å²) in [6, 6.07) is 2.71. The third-order valence-corrected chi connectivity index (χ3v) is 4.33. The number of hydrogen-bond donors (Lipinski definition) is 1. The highest BCUT2D eigenvalue weighted by Crippen LogP contribution is 2.34. The molecule has 4 atom stereocenters. The van der Waals surface area contributed by atoms with Crippen molar-refractivity contribution in [3.63, 3.8) is 0 Å². The number of esters is 1. The van der Waals surface area contributed by atoms with E-state index in [2.05, 4.69) is 20.4 Å². The van der Waals surface area contributed by atoms with E-state index in [9.17, 15) is 9.59 Å². The van der Waals surface area contributed by atoms with Crippen molar-refractivity contribution < 1.29 is 28.2 Å². The molecule has 0 aromatic carbocycles. The van der Waals surface area contributed by atoms with E-state index in [0.29, 0.717) is 13.2 Å². The van der Waals surface area contributed by atoms with E-state index in [-0.39, 0.29) is 41.7 Å². The Labute approximate surface area is 142 Å². The van der Waals surface area contributed by atoms with Crippen LogP contribution in [0.3, 0.4) is 0 Å². The van der Waals surface area contributed by atoms with Crippen molar-refractivity contribution >= 4 is 11.9 Å². The number of carbonyl (C=O) groups is 2. The molecule has 2 aliphatic heterocycles. The van der Waals surface area contributed by atoms with Gasteiger partial charge in [0.2, 0.25) is 0 Å². The molecule has 10 nitrogen and oxygen atoms in total. The SMILES string of the molecule is COC(=O)c1cn(C2COC3C(NC(=O)c4ccco4)COC32)nn1. The zero-order valence-electron chi connectivity index (χ0n) is 13.3. The molecule has 2 saturated heterocycles. The second-order valence-corrected chi connectivity index (χ2v) is 5.80. The van der Waals surface area contributed by atoms with Gasteiger partial charge >= 0.3 is 5.97 Å². The predicted octanol–water partition coefficient (Wildman–Crippen LogP) is -0.205. The lowest BCUT2D eigenvalue weighted by atomic mass is 10.1. The molecule has 0 saturated carbocycles. The molecule has 2 aliphatic rings. The molecule has 0 aliphatic carbocycles. The van der Waals surface area contributed by atoms with Gasteiger partial charge in [0.05, 0.1) is 38.8 Å². The summed E-state index contributed by atoms with van der Waals surface area (Å²) >= 11 is 0. The van der Waals surface area contributed by atoms with Crippen LogP contribution in [0.4, 0.5) is 0 Å². The van der Waals surface area contributed by atoms with Gasteiger partial charge in [-0.1, -0.05) is 5.21 Å². The van der Waals surface area contributed by atoms with Crippen molar-refractivity contribution in [1.82, 2.24) is 20.3 Å². The maximum atomic E-state index is 12.1. The highest BCUT2D eigenvalue weighted by atomic mass is 16.6. The topological polar surface area (TPSA) is 118 Å². The van der Waals surface area contributed by atoms with Crippen LogP contribution in [0.5, 0.6) is 0 Å². The van der Waals surface area contributed by atoms with E-state index < -0.39 is 5.97 Å². The fourth-order valence-corrected chi connectivity index (χ4v) is 3.11. The Morgan fingerprint density at radius 2 is 2.16 bits per heavy atom. The van der Waals surface area contributed by atoms with Crippen molar-refractivity contribution in [3.8, 4) is 0 Å². The molecule has 0 radical (unpaired) electrons. The number of nitrogens with one attached hydrogen (secondary N) is 1. The molecule has 25 heavy (non-hydrogen) atoms. The third kappa shape index (κ3) is 2.79. The van der Waals surface area contributed by atoms with Gasteiger partial charge in [-0.25, -0.2) is 9.48 Å². The largest absolute Gasteiger partial charge is 0.464 e. The van der Waals surface area contributed by atoms with Crippen LogP contribution in [0, 0.1) is 0 Å². The minimum Gasteiger partial charge on any atom is -0.464 e. The standard InChI is InChI=1S/C15H16N4O6/c1-22-15(21)8-5-19(18-17-8)10-7-25-12-9(6-24-13(10)12)16-14(20)11-3-2-4-23-11/h2-5,9-10,12-13H,6-7H2,1H3,(H,16,20). The maximum Gasteiger partial charge on any atom is 0.360 e. The first-order chi connectivity index (χ1) is 12.2. The minimum absolute atomic E-state index is 0.117. The normalized spacial score (nSPS) is 27.9. The van der Waals surface area contributed by atoms with Gasteiger partial charge in [0.25, 0.3) is 5.91 Å². The lowest BCUT2D eigenvalue weighted by Crippen LogP contribution is -2.44. The Morgan fingerprint density at radius 1 is 1.32 bits per heavy atom. The molecule has 0 spiro atoms. The molecule has 4 heterocycles.